The quantitative estimate of drug-likeness (QED) is 0.385. The van der Waals surface area contributed by atoms with Crippen LogP contribution in [-0.2, 0) is 0 Å². The Hall–Kier alpha value is -1.20. The predicted octanol–water partition coefficient (Wildman–Crippen LogP) is 8.03. The molecule has 0 aliphatic rings. The van der Waals surface area contributed by atoms with Crippen molar-refractivity contribution in [1.82, 2.24) is 4.98 Å². The van der Waals surface area contributed by atoms with E-state index in [-0.39, 0.29) is 42.1 Å². The van der Waals surface area contributed by atoms with Gasteiger partial charge in [0.05, 0.1) is 35.8 Å². The molecule has 0 amide bonds. The number of hydrogen-bond donors (Lipinski definition) is 1. The molecule has 0 fully saturated rings. The lowest BCUT2D eigenvalue weighted by atomic mass is 9.98. The molecule has 138 valence electrons. The van der Waals surface area contributed by atoms with E-state index >= 15 is 0 Å². The summed E-state index contributed by atoms with van der Waals surface area (Å²) in [5, 5.41) is 10.7. The van der Waals surface area contributed by atoms with Crippen LogP contribution in [0.4, 0.5) is 0 Å². The molecule has 3 nitrogen and oxygen atoms in total. The summed E-state index contributed by atoms with van der Waals surface area (Å²) < 4.78 is 0. The first-order valence-electron chi connectivity index (χ1n) is 7.24. The summed E-state index contributed by atoms with van der Waals surface area (Å²) in [5.74, 6) is -1.22. The Morgan fingerprint density at radius 1 is 0.704 bits per heavy atom. The van der Waals surface area contributed by atoms with E-state index in [0.29, 0.717) is 16.1 Å². The van der Waals surface area contributed by atoms with E-state index in [1.165, 1.54) is 24.3 Å². The van der Waals surface area contributed by atoms with Gasteiger partial charge in [-0.15, -0.1) is 0 Å². The molecule has 0 aliphatic carbocycles. The Labute approximate surface area is 184 Å². The number of hydrogen-bond acceptors (Lipinski definition) is 2. The molecule has 9 heteroatoms. The topological polar surface area (TPSA) is 50.2 Å². The van der Waals surface area contributed by atoms with Crippen molar-refractivity contribution in [3.05, 3.63) is 72.2 Å². The van der Waals surface area contributed by atoms with Crippen LogP contribution in [0.25, 0.3) is 22.4 Å². The summed E-state index contributed by atoms with van der Waals surface area (Å²) in [4.78, 5) is 15.6. The number of carboxylic acid groups (broad SMARTS) is 1. The zero-order valence-electron chi connectivity index (χ0n) is 13.0. The Bertz CT molecular complexity index is 1080. The second-order valence-corrected chi connectivity index (χ2v) is 7.72. The van der Waals surface area contributed by atoms with Crippen LogP contribution in [0.2, 0.25) is 30.1 Å². The average molecular weight is 482 g/mol. The Morgan fingerprint density at radius 2 is 1.19 bits per heavy atom. The van der Waals surface area contributed by atoms with Crippen LogP contribution >= 0.6 is 69.6 Å². The minimum atomic E-state index is -1.22. The van der Waals surface area contributed by atoms with Gasteiger partial charge in [0.1, 0.15) is 5.69 Å². The highest BCUT2D eigenvalue weighted by atomic mass is 35.5. The summed E-state index contributed by atoms with van der Waals surface area (Å²) in [6.07, 6.45) is 0. The summed E-state index contributed by atoms with van der Waals surface area (Å²) in [5.41, 5.74) is 0.991. The van der Waals surface area contributed by atoms with E-state index in [1.54, 1.807) is 12.1 Å². The fourth-order valence-electron chi connectivity index (χ4n) is 2.49. The van der Waals surface area contributed by atoms with Crippen LogP contribution in [0.5, 0.6) is 0 Å². The number of pyridine rings is 1. The lowest BCUT2D eigenvalue weighted by molar-refractivity contribution is 0.0690. The summed E-state index contributed by atoms with van der Waals surface area (Å²) in [7, 11) is 0. The monoisotopic (exact) mass is 479 g/mol. The van der Waals surface area contributed by atoms with Crippen molar-refractivity contribution in [2.24, 2.45) is 0 Å². The van der Waals surface area contributed by atoms with Gasteiger partial charge in [-0.25, -0.2) is 9.78 Å². The molecule has 2 aromatic carbocycles. The first-order chi connectivity index (χ1) is 12.7. The second kappa shape index (κ2) is 8.04. The molecular weight excluding hydrogens is 475 g/mol. The fraction of sp³-hybridized carbons (Fsp3) is 0. The van der Waals surface area contributed by atoms with E-state index in [9.17, 15) is 9.90 Å². The van der Waals surface area contributed by atoms with E-state index in [0.717, 1.165) is 0 Å². The van der Waals surface area contributed by atoms with Crippen LogP contribution in [0.15, 0.2) is 36.4 Å². The van der Waals surface area contributed by atoms with Gasteiger partial charge in [0.25, 0.3) is 0 Å². The van der Waals surface area contributed by atoms with Gasteiger partial charge in [-0.05, 0) is 36.4 Å². The molecule has 1 N–H and O–H groups in total. The smallest absolute Gasteiger partial charge is 0.354 e. The first-order valence-corrected chi connectivity index (χ1v) is 9.51. The van der Waals surface area contributed by atoms with Crippen LogP contribution in [0.1, 0.15) is 10.5 Å². The van der Waals surface area contributed by atoms with E-state index in [2.05, 4.69) is 4.98 Å². The number of benzene rings is 2. The van der Waals surface area contributed by atoms with Gasteiger partial charge < -0.3 is 5.11 Å². The lowest BCUT2D eigenvalue weighted by Gasteiger charge is -2.16. The van der Waals surface area contributed by atoms with Crippen molar-refractivity contribution in [2.45, 2.75) is 0 Å². The Kier molecular flexibility index (Phi) is 6.11. The van der Waals surface area contributed by atoms with Gasteiger partial charge in [0, 0.05) is 16.7 Å². The van der Waals surface area contributed by atoms with Crippen molar-refractivity contribution in [3.8, 4) is 22.4 Å². The zero-order valence-corrected chi connectivity index (χ0v) is 17.6. The van der Waals surface area contributed by atoms with Crippen LogP contribution in [-0.4, -0.2) is 16.1 Å². The standard InChI is InChI=1S/C18H7Cl6NO2/c19-8-2-4-10(21)15(23)13(8)7-1-6-12(18(26)27)25-17(7)14-9(20)3-5-11(22)16(14)24/h1-6H,(H,26,27). The molecule has 1 aromatic heterocycles. The number of carboxylic acids is 1. The molecule has 3 aromatic rings. The molecule has 27 heavy (non-hydrogen) atoms. The number of rotatable bonds is 3. The van der Waals surface area contributed by atoms with E-state index in [4.69, 9.17) is 69.6 Å². The minimum Gasteiger partial charge on any atom is -0.477 e. The maximum Gasteiger partial charge on any atom is 0.354 e. The molecule has 0 saturated heterocycles. The Balaban J connectivity index is 2.45. The molecule has 1 heterocycles. The van der Waals surface area contributed by atoms with Crippen molar-refractivity contribution < 1.29 is 9.90 Å². The van der Waals surface area contributed by atoms with Crippen molar-refractivity contribution >= 4 is 75.6 Å². The third kappa shape index (κ3) is 3.86. The zero-order chi connectivity index (χ0) is 19.9. The highest BCUT2D eigenvalue weighted by Crippen LogP contribution is 2.46. The van der Waals surface area contributed by atoms with Gasteiger partial charge in [-0.2, -0.15) is 0 Å². The molecule has 0 atom stereocenters. The largest absolute Gasteiger partial charge is 0.477 e. The summed E-state index contributed by atoms with van der Waals surface area (Å²) in [6.45, 7) is 0. The molecule has 3 rings (SSSR count). The molecule has 0 radical (unpaired) electrons. The van der Waals surface area contributed by atoms with Gasteiger partial charge in [0.2, 0.25) is 0 Å². The highest BCUT2D eigenvalue weighted by molar-refractivity contribution is 6.47. The molecule has 0 bridgehead atoms. The number of aromatic nitrogens is 1. The molecule has 0 aliphatic heterocycles. The molecular formula is C18H7Cl6NO2. The fourth-order valence-corrected chi connectivity index (χ4v) is 3.93. The van der Waals surface area contributed by atoms with Crippen molar-refractivity contribution in [3.63, 3.8) is 0 Å². The third-order valence-corrected chi connectivity index (χ3v) is 5.95. The van der Waals surface area contributed by atoms with E-state index in [1.807, 2.05) is 0 Å². The third-order valence-electron chi connectivity index (χ3n) is 3.71. The maximum absolute atomic E-state index is 11.4. The van der Waals surface area contributed by atoms with Crippen molar-refractivity contribution in [2.75, 3.05) is 0 Å². The SMILES string of the molecule is O=C(O)c1ccc(-c2c(Cl)ccc(Cl)c2Cl)c(-c2c(Cl)ccc(Cl)c2Cl)n1. The normalized spacial score (nSPS) is 10.9. The summed E-state index contributed by atoms with van der Waals surface area (Å²) in [6, 6.07) is 9.01. The van der Waals surface area contributed by atoms with Crippen LogP contribution < -0.4 is 0 Å². The number of carbonyl (C=O) groups is 1. The number of nitrogens with zero attached hydrogens (tertiary/aromatic N) is 1. The predicted molar refractivity (Wildman–Crippen MR) is 112 cm³/mol. The minimum absolute atomic E-state index is 0.120. The second-order valence-electron chi connectivity index (χ2n) is 5.33. The summed E-state index contributed by atoms with van der Waals surface area (Å²) >= 11 is 37.6. The van der Waals surface area contributed by atoms with Gasteiger partial charge in [0.15, 0.2) is 0 Å². The number of aromatic carboxylic acids is 1. The van der Waals surface area contributed by atoms with Gasteiger partial charge in [-0.1, -0.05) is 69.6 Å². The highest BCUT2D eigenvalue weighted by Gasteiger charge is 2.23. The van der Waals surface area contributed by atoms with Gasteiger partial charge >= 0.3 is 5.97 Å². The van der Waals surface area contributed by atoms with Gasteiger partial charge in [-0.3, -0.25) is 0 Å². The molecule has 0 saturated carbocycles. The van der Waals surface area contributed by atoms with Crippen LogP contribution in [0.3, 0.4) is 0 Å². The van der Waals surface area contributed by atoms with E-state index < -0.39 is 5.97 Å². The maximum atomic E-state index is 11.4. The first kappa shape index (κ1) is 20.5. The Morgan fingerprint density at radius 3 is 1.74 bits per heavy atom. The number of halogens is 6. The lowest BCUT2D eigenvalue weighted by Crippen LogP contribution is -2.03. The average Bonchev–Trinajstić information content (AvgIpc) is 2.63. The van der Waals surface area contributed by atoms with Crippen molar-refractivity contribution in [1.29, 1.82) is 0 Å². The van der Waals surface area contributed by atoms with Crippen LogP contribution in [0, 0.1) is 0 Å². The molecule has 0 spiro atoms. The molecule has 0 unspecified atom stereocenters.